The standard InChI is InChI=1S/C24H33N3O7S2/c1-16-6-9-20(10-7-16)36(32,33)25-19-8-11-22-21(12-19)24(29)27(18(3)15-28)13-17(2)23(34-22)14-26(4)35(5,30)31/h6-12,17-18,23,25,28H,13-15H2,1-5H3/t17-,18+,23+/m0/s1. The summed E-state index contributed by atoms with van der Waals surface area (Å²) in [6.45, 7) is 5.39. The average Bonchev–Trinajstić information content (AvgIpc) is 2.80. The highest BCUT2D eigenvalue weighted by Crippen LogP contribution is 2.31. The number of fused-ring (bicyclic) bond motifs is 1. The molecule has 3 atom stereocenters. The van der Waals surface area contributed by atoms with Crippen LogP contribution in [0.1, 0.15) is 29.8 Å². The van der Waals surface area contributed by atoms with E-state index in [0.29, 0.717) is 0 Å². The lowest BCUT2D eigenvalue weighted by Crippen LogP contribution is -2.50. The molecule has 0 aliphatic carbocycles. The SMILES string of the molecule is Cc1ccc(S(=O)(=O)Nc2ccc3c(c2)C(=O)N([C@H](C)CO)C[C@H](C)[C@@H](CN(C)S(C)(=O)=O)O3)cc1. The Hall–Kier alpha value is -2.67. The summed E-state index contributed by atoms with van der Waals surface area (Å²) in [4.78, 5) is 15.1. The molecule has 12 heteroatoms. The lowest BCUT2D eigenvalue weighted by atomic mass is 9.99. The minimum atomic E-state index is -3.91. The smallest absolute Gasteiger partial charge is 0.261 e. The Morgan fingerprint density at radius 1 is 1.17 bits per heavy atom. The van der Waals surface area contributed by atoms with E-state index in [0.717, 1.165) is 11.8 Å². The zero-order valence-electron chi connectivity index (χ0n) is 21.0. The lowest BCUT2D eigenvalue weighted by molar-refractivity contribution is 0.0387. The van der Waals surface area contributed by atoms with Crippen molar-refractivity contribution in [2.75, 3.05) is 37.7 Å². The number of aryl methyl sites for hydroxylation is 1. The lowest BCUT2D eigenvalue weighted by Gasteiger charge is -2.38. The molecule has 1 aliphatic heterocycles. The van der Waals surface area contributed by atoms with Gasteiger partial charge in [-0.15, -0.1) is 0 Å². The van der Waals surface area contributed by atoms with Gasteiger partial charge in [0.25, 0.3) is 15.9 Å². The van der Waals surface area contributed by atoms with Crippen molar-refractivity contribution in [1.82, 2.24) is 9.21 Å². The number of benzene rings is 2. The fraction of sp³-hybridized carbons (Fsp3) is 0.458. The number of ether oxygens (including phenoxy) is 1. The van der Waals surface area contributed by atoms with E-state index in [4.69, 9.17) is 4.74 Å². The predicted octanol–water partition coefficient (Wildman–Crippen LogP) is 1.91. The minimum Gasteiger partial charge on any atom is -0.488 e. The number of aliphatic hydroxyl groups is 1. The Morgan fingerprint density at radius 3 is 2.39 bits per heavy atom. The van der Waals surface area contributed by atoms with Gasteiger partial charge in [0.2, 0.25) is 10.0 Å². The second-order valence-corrected chi connectivity index (χ2v) is 13.1. The fourth-order valence-corrected chi connectivity index (χ4v) is 5.29. The van der Waals surface area contributed by atoms with Crippen LogP contribution in [0.5, 0.6) is 5.75 Å². The van der Waals surface area contributed by atoms with Gasteiger partial charge in [0.05, 0.1) is 35.9 Å². The van der Waals surface area contributed by atoms with Crippen molar-refractivity contribution in [1.29, 1.82) is 0 Å². The van der Waals surface area contributed by atoms with Gasteiger partial charge in [-0.2, -0.15) is 0 Å². The first-order chi connectivity index (χ1) is 16.7. The second-order valence-electron chi connectivity index (χ2n) is 9.30. The fourth-order valence-electron chi connectivity index (χ4n) is 3.82. The number of anilines is 1. The number of hydrogen-bond donors (Lipinski definition) is 2. The van der Waals surface area contributed by atoms with Crippen LogP contribution in [0.15, 0.2) is 47.4 Å². The van der Waals surface area contributed by atoms with Crippen molar-refractivity contribution in [2.24, 2.45) is 5.92 Å². The molecule has 198 valence electrons. The van der Waals surface area contributed by atoms with Crippen molar-refractivity contribution in [2.45, 2.75) is 37.8 Å². The molecule has 1 aliphatic rings. The molecule has 2 aromatic rings. The van der Waals surface area contributed by atoms with Crippen LogP contribution in [-0.2, 0) is 20.0 Å². The number of carbonyl (C=O) groups is 1. The van der Waals surface area contributed by atoms with Crippen molar-refractivity contribution >= 4 is 31.6 Å². The summed E-state index contributed by atoms with van der Waals surface area (Å²) in [6, 6.07) is 10.2. The van der Waals surface area contributed by atoms with Crippen LogP contribution < -0.4 is 9.46 Å². The Bertz CT molecular complexity index is 1310. The van der Waals surface area contributed by atoms with E-state index in [2.05, 4.69) is 4.72 Å². The van der Waals surface area contributed by atoms with Gasteiger partial charge in [-0.05, 0) is 44.2 Å². The number of hydrogen-bond acceptors (Lipinski definition) is 7. The Morgan fingerprint density at radius 2 is 1.81 bits per heavy atom. The van der Waals surface area contributed by atoms with Crippen LogP contribution >= 0.6 is 0 Å². The molecule has 0 radical (unpaired) electrons. The first kappa shape index (κ1) is 27.9. The Kier molecular flexibility index (Phi) is 8.33. The van der Waals surface area contributed by atoms with E-state index in [1.54, 1.807) is 19.1 Å². The molecular weight excluding hydrogens is 506 g/mol. The summed E-state index contributed by atoms with van der Waals surface area (Å²) in [5.74, 6) is -0.489. The van der Waals surface area contributed by atoms with E-state index in [9.17, 15) is 26.7 Å². The molecule has 10 nitrogen and oxygen atoms in total. The summed E-state index contributed by atoms with van der Waals surface area (Å²) < 4.78 is 59.6. The van der Waals surface area contributed by atoms with Gasteiger partial charge in [-0.25, -0.2) is 21.1 Å². The highest BCUT2D eigenvalue weighted by molar-refractivity contribution is 7.92. The third-order valence-electron chi connectivity index (χ3n) is 6.25. The number of aliphatic hydroxyl groups excluding tert-OH is 1. The van der Waals surface area contributed by atoms with Crippen LogP contribution in [-0.4, -0.2) is 82.2 Å². The molecule has 2 aromatic carbocycles. The van der Waals surface area contributed by atoms with Crippen molar-refractivity contribution in [3.63, 3.8) is 0 Å². The molecule has 0 saturated carbocycles. The molecule has 36 heavy (non-hydrogen) atoms. The second kappa shape index (κ2) is 10.8. The number of likely N-dealkylation sites (N-methyl/N-ethyl adjacent to an activating group) is 1. The van der Waals surface area contributed by atoms with E-state index in [-0.39, 0.29) is 47.5 Å². The van der Waals surface area contributed by atoms with Gasteiger partial charge in [0, 0.05) is 25.2 Å². The molecule has 3 rings (SSSR count). The molecule has 0 spiro atoms. The van der Waals surface area contributed by atoms with Crippen LogP contribution in [0.4, 0.5) is 5.69 Å². The van der Waals surface area contributed by atoms with Gasteiger partial charge in [0.15, 0.2) is 0 Å². The van der Waals surface area contributed by atoms with E-state index in [1.165, 1.54) is 46.6 Å². The van der Waals surface area contributed by atoms with E-state index < -0.39 is 38.1 Å². The third kappa shape index (κ3) is 6.36. The summed E-state index contributed by atoms with van der Waals surface area (Å²) in [5.41, 5.74) is 1.20. The maximum absolute atomic E-state index is 13.5. The van der Waals surface area contributed by atoms with Gasteiger partial charge < -0.3 is 14.7 Å². The van der Waals surface area contributed by atoms with Gasteiger partial charge >= 0.3 is 0 Å². The summed E-state index contributed by atoms with van der Waals surface area (Å²) in [5, 5.41) is 9.77. The van der Waals surface area contributed by atoms with Crippen LogP contribution in [0.3, 0.4) is 0 Å². The number of nitrogens with one attached hydrogen (secondary N) is 1. The quantitative estimate of drug-likeness (QED) is 0.523. The van der Waals surface area contributed by atoms with Crippen molar-refractivity contribution in [3.05, 3.63) is 53.6 Å². The summed E-state index contributed by atoms with van der Waals surface area (Å²) >= 11 is 0. The molecule has 1 amide bonds. The molecule has 0 bridgehead atoms. The van der Waals surface area contributed by atoms with Crippen LogP contribution in [0.2, 0.25) is 0 Å². The third-order valence-corrected chi connectivity index (χ3v) is 8.93. The number of rotatable bonds is 8. The molecule has 0 fully saturated rings. The first-order valence-electron chi connectivity index (χ1n) is 11.5. The average molecular weight is 540 g/mol. The molecule has 2 N–H and O–H groups in total. The molecular formula is C24H33N3O7S2. The molecule has 1 heterocycles. The predicted molar refractivity (Wildman–Crippen MR) is 137 cm³/mol. The topological polar surface area (TPSA) is 133 Å². The molecule has 0 saturated heterocycles. The zero-order chi connectivity index (χ0) is 26.8. The Labute approximate surface area is 213 Å². The van der Waals surface area contributed by atoms with Gasteiger partial charge in [-0.3, -0.25) is 9.52 Å². The Balaban J connectivity index is 2.01. The van der Waals surface area contributed by atoms with E-state index >= 15 is 0 Å². The summed E-state index contributed by atoms with van der Waals surface area (Å²) in [7, 11) is -5.92. The van der Waals surface area contributed by atoms with E-state index in [1.807, 2.05) is 13.8 Å². The van der Waals surface area contributed by atoms with Crippen molar-refractivity contribution < 1.29 is 31.5 Å². The highest BCUT2D eigenvalue weighted by atomic mass is 32.2. The maximum atomic E-state index is 13.5. The molecule has 0 unspecified atom stereocenters. The molecule has 0 aromatic heterocycles. The number of amides is 1. The van der Waals surface area contributed by atoms with Gasteiger partial charge in [-0.1, -0.05) is 24.6 Å². The number of sulfonamides is 2. The maximum Gasteiger partial charge on any atom is 0.261 e. The van der Waals surface area contributed by atoms with Crippen LogP contribution in [0, 0.1) is 12.8 Å². The van der Waals surface area contributed by atoms with Crippen LogP contribution in [0.25, 0.3) is 0 Å². The highest BCUT2D eigenvalue weighted by Gasteiger charge is 2.34. The largest absolute Gasteiger partial charge is 0.488 e. The monoisotopic (exact) mass is 539 g/mol. The zero-order valence-corrected chi connectivity index (χ0v) is 22.6. The number of carbonyl (C=O) groups excluding carboxylic acids is 1. The van der Waals surface area contributed by atoms with Gasteiger partial charge in [0.1, 0.15) is 11.9 Å². The minimum absolute atomic E-state index is 0.0524. The normalized spacial score (nSPS) is 19.8. The first-order valence-corrected chi connectivity index (χ1v) is 14.8. The summed E-state index contributed by atoms with van der Waals surface area (Å²) in [6.07, 6.45) is 0.505. The van der Waals surface area contributed by atoms with Crippen molar-refractivity contribution in [3.8, 4) is 5.75 Å². The number of nitrogens with zero attached hydrogens (tertiary/aromatic N) is 2.